The number of carbonyl (C=O) groups is 2. The molecule has 2 bridgehead atoms. The maximum Gasteiger partial charge on any atom is 0.307 e. The second-order valence-electron chi connectivity index (χ2n) is 5.76. The molecule has 19 heavy (non-hydrogen) atoms. The standard InChI is InChI=1S/C14H19NO3S/c16-13(15-10-2-1-5-19-7-10)11-8-3-4-9(6-8)12(11)14(17)18/h3-4,8-12H,1-2,5-7H2,(H,15,16)(H,17,18). The lowest BCUT2D eigenvalue weighted by atomic mass is 9.82. The molecule has 1 saturated heterocycles. The van der Waals surface area contributed by atoms with E-state index in [0.29, 0.717) is 0 Å². The molecule has 0 aromatic carbocycles. The zero-order chi connectivity index (χ0) is 13.4. The number of carboxylic acids is 1. The molecule has 0 radical (unpaired) electrons. The van der Waals surface area contributed by atoms with Crippen molar-refractivity contribution in [3.63, 3.8) is 0 Å². The molecule has 5 heteroatoms. The molecule has 1 heterocycles. The van der Waals surface area contributed by atoms with Crippen molar-refractivity contribution < 1.29 is 14.7 Å². The van der Waals surface area contributed by atoms with Gasteiger partial charge in [-0.2, -0.15) is 11.8 Å². The maximum atomic E-state index is 12.4. The third-order valence-electron chi connectivity index (χ3n) is 4.55. The Morgan fingerprint density at radius 2 is 1.95 bits per heavy atom. The van der Waals surface area contributed by atoms with Gasteiger partial charge >= 0.3 is 5.97 Å². The summed E-state index contributed by atoms with van der Waals surface area (Å²) in [6.45, 7) is 0. The van der Waals surface area contributed by atoms with Crippen LogP contribution in [0, 0.1) is 23.7 Å². The van der Waals surface area contributed by atoms with Gasteiger partial charge in [-0.05, 0) is 36.9 Å². The van der Waals surface area contributed by atoms with Gasteiger partial charge in [0.1, 0.15) is 0 Å². The second kappa shape index (κ2) is 5.19. The van der Waals surface area contributed by atoms with E-state index >= 15 is 0 Å². The molecular formula is C14H19NO3S. The smallest absolute Gasteiger partial charge is 0.307 e. The third-order valence-corrected chi connectivity index (χ3v) is 5.77. The van der Waals surface area contributed by atoms with E-state index in [1.165, 1.54) is 5.75 Å². The molecule has 2 aliphatic carbocycles. The van der Waals surface area contributed by atoms with Crippen LogP contribution >= 0.6 is 11.8 Å². The van der Waals surface area contributed by atoms with E-state index in [1.807, 2.05) is 23.9 Å². The van der Waals surface area contributed by atoms with Crippen LogP contribution in [0.15, 0.2) is 12.2 Å². The Hall–Kier alpha value is -0.970. The van der Waals surface area contributed by atoms with E-state index in [1.54, 1.807) is 0 Å². The van der Waals surface area contributed by atoms with Gasteiger partial charge in [-0.1, -0.05) is 12.2 Å². The number of nitrogens with one attached hydrogen (secondary N) is 1. The Balaban J connectivity index is 1.68. The van der Waals surface area contributed by atoms with Crippen LogP contribution in [-0.4, -0.2) is 34.5 Å². The van der Waals surface area contributed by atoms with Gasteiger partial charge in [-0.15, -0.1) is 0 Å². The predicted octanol–water partition coefficient (Wildman–Crippen LogP) is 1.52. The Kier molecular flexibility index (Phi) is 3.56. The van der Waals surface area contributed by atoms with Crippen LogP contribution in [0.25, 0.3) is 0 Å². The van der Waals surface area contributed by atoms with Crippen LogP contribution in [-0.2, 0) is 9.59 Å². The maximum absolute atomic E-state index is 12.4. The summed E-state index contributed by atoms with van der Waals surface area (Å²) in [7, 11) is 0. The monoisotopic (exact) mass is 281 g/mol. The Morgan fingerprint density at radius 3 is 2.58 bits per heavy atom. The van der Waals surface area contributed by atoms with Crippen molar-refractivity contribution in [3.8, 4) is 0 Å². The molecule has 5 atom stereocenters. The highest BCUT2D eigenvalue weighted by atomic mass is 32.2. The predicted molar refractivity (Wildman–Crippen MR) is 73.8 cm³/mol. The minimum absolute atomic E-state index is 0.0447. The highest BCUT2D eigenvalue weighted by Gasteiger charge is 2.51. The fraction of sp³-hybridized carbons (Fsp3) is 0.714. The van der Waals surface area contributed by atoms with Crippen molar-refractivity contribution in [2.75, 3.05) is 11.5 Å². The molecule has 2 N–H and O–H groups in total. The number of amides is 1. The van der Waals surface area contributed by atoms with E-state index in [4.69, 9.17) is 0 Å². The molecule has 1 aliphatic heterocycles. The summed E-state index contributed by atoms with van der Waals surface area (Å²) in [6.07, 6.45) is 6.99. The van der Waals surface area contributed by atoms with Gasteiger partial charge in [-0.3, -0.25) is 9.59 Å². The summed E-state index contributed by atoms with van der Waals surface area (Å²) in [5.41, 5.74) is 0. The number of thioether (sulfide) groups is 1. The average Bonchev–Trinajstić information content (AvgIpc) is 2.99. The number of carbonyl (C=O) groups excluding carboxylic acids is 1. The molecule has 0 spiro atoms. The highest BCUT2D eigenvalue weighted by molar-refractivity contribution is 7.99. The SMILES string of the molecule is O=C(O)C1C2C=CC(C2)C1C(=O)NC1CCCSC1. The number of hydrogen-bond donors (Lipinski definition) is 2. The lowest BCUT2D eigenvalue weighted by Crippen LogP contribution is -2.46. The molecule has 0 aromatic rings. The van der Waals surface area contributed by atoms with Crippen molar-refractivity contribution in [1.82, 2.24) is 5.32 Å². The Bertz CT molecular complexity index is 417. The first-order valence-corrected chi connectivity index (χ1v) is 8.11. The summed E-state index contributed by atoms with van der Waals surface area (Å²) < 4.78 is 0. The zero-order valence-corrected chi connectivity index (χ0v) is 11.6. The zero-order valence-electron chi connectivity index (χ0n) is 10.7. The van der Waals surface area contributed by atoms with E-state index < -0.39 is 11.9 Å². The van der Waals surface area contributed by atoms with Crippen molar-refractivity contribution in [1.29, 1.82) is 0 Å². The van der Waals surface area contributed by atoms with Gasteiger partial charge in [0.25, 0.3) is 0 Å². The molecule has 1 saturated carbocycles. The summed E-state index contributed by atoms with van der Waals surface area (Å²) in [4.78, 5) is 23.8. The van der Waals surface area contributed by atoms with Crippen LogP contribution in [0.3, 0.4) is 0 Å². The minimum atomic E-state index is -0.824. The Morgan fingerprint density at radius 1 is 1.21 bits per heavy atom. The van der Waals surface area contributed by atoms with E-state index in [0.717, 1.165) is 25.0 Å². The van der Waals surface area contributed by atoms with Crippen molar-refractivity contribution in [2.45, 2.75) is 25.3 Å². The molecule has 104 valence electrons. The first-order chi connectivity index (χ1) is 9.16. The van der Waals surface area contributed by atoms with Crippen LogP contribution < -0.4 is 5.32 Å². The topological polar surface area (TPSA) is 66.4 Å². The lowest BCUT2D eigenvalue weighted by Gasteiger charge is -2.28. The Labute approximate surface area is 117 Å². The van der Waals surface area contributed by atoms with Crippen molar-refractivity contribution >= 4 is 23.6 Å². The third kappa shape index (κ3) is 2.40. The number of allylic oxidation sites excluding steroid dienone is 2. The van der Waals surface area contributed by atoms with Crippen LogP contribution in [0.2, 0.25) is 0 Å². The van der Waals surface area contributed by atoms with Crippen LogP contribution in [0.5, 0.6) is 0 Å². The van der Waals surface area contributed by atoms with E-state index in [-0.39, 0.29) is 29.7 Å². The molecule has 2 fully saturated rings. The summed E-state index contributed by atoms with van der Waals surface area (Å²) >= 11 is 1.86. The largest absolute Gasteiger partial charge is 0.481 e. The first-order valence-electron chi connectivity index (χ1n) is 6.96. The fourth-order valence-electron chi connectivity index (χ4n) is 3.67. The second-order valence-corrected chi connectivity index (χ2v) is 6.91. The normalized spacial score (nSPS) is 40.3. The van der Waals surface area contributed by atoms with Crippen molar-refractivity contribution in [3.05, 3.63) is 12.2 Å². The van der Waals surface area contributed by atoms with Gasteiger partial charge in [0.15, 0.2) is 0 Å². The molecule has 5 unspecified atom stereocenters. The van der Waals surface area contributed by atoms with Gasteiger partial charge in [0.05, 0.1) is 11.8 Å². The van der Waals surface area contributed by atoms with E-state index in [2.05, 4.69) is 5.32 Å². The summed E-state index contributed by atoms with van der Waals surface area (Å²) in [5.74, 6) is 0.556. The molecule has 0 aromatic heterocycles. The summed E-state index contributed by atoms with van der Waals surface area (Å²) in [5, 5.41) is 12.4. The van der Waals surface area contributed by atoms with Crippen LogP contribution in [0.4, 0.5) is 0 Å². The molecule has 3 rings (SSSR count). The average molecular weight is 281 g/mol. The number of aliphatic carboxylic acids is 1. The van der Waals surface area contributed by atoms with Gasteiger partial charge in [0.2, 0.25) is 5.91 Å². The number of fused-ring (bicyclic) bond motifs is 2. The highest BCUT2D eigenvalue weighted by Crippen LogP contribution is 2.48. The van der Waals surface area contributed by atoms with Gasteiger partial charge < -0.3 is 10.4 Å². The van der Waals surface area contributed by atoms with Gasteiger partial charge in [0, 0.05) is 11.8 Å². The molecular weight excluding hydrogens is 262 g/mol. The van der Waals surface area contributed by atoms with E-state index in [9.17, 15) is 14.7 Å². The quantitative estimate of drug-likeness (QED) is 0.770. The fourth-order valence-corrected chi connectivity index (χ4v) is 4.74. The van der Waals surface area contributed by atoms with Crippen molar-refractivity contribution in [2.24, 2.45) is 23.7 Å². The number of hydrogen-bond acceptors (Lipinski definition) is 3. The molecule has 1 amide bonds. The first kappa shape index (κ1) is 13.0. The van der Waals surface area contributed by atoms with Crippen LogP contribution in [0.1, 0.15) is 19.3 Å². The number of carboxylic acid groups (broad SMARTS) is 1. The molecule has 3 aliphatic rings. The lowest BCUT2D eigenvalue weighted by molar-refractivity contribution is -0.148. The molecule has 4 nitrogen and oxygen atoms in total. The van der Waals surface area contributed by atoms with Gasteiger partial charge in [-0.25, -0.2) is 0 Å². The minimum Gasteiger partial charge on any atom is -0.481 e. The summed E-state index contributed by atoms with van der Waals surface area (Å²) in [6, 6.07) is 0.226. The number of rotatable bonds is 3.